The van der Waals surface area contributed by atoms with Gasteiger partial charge in [0.2, 0.25) is 0 Å². The molecule has 0 unspecified atom stereocenters. The zero-order valence-corrected chi connectivity index (χ0v) is 14.9. The highest BCUT2D eigenvalue weighted by atomic mass is 16.1. The molecule has 0 saturated carbocycles. The van der Waals surface area contributed by atoms with Gasteiger partial charge in [0.1, 0.15) is 0 Å². The van der Waals surface area contributed by atoms with E-state index in [4.69, 9.17) is 0 Å². The summed E-state index contributed by atoms with van der Waals surface area (Å²) in [5, 5.41) is 11.6. The second-order valence-corrected chi connectivity index (χ2v) is 6.20. The largest absolute Gasteiger partial charge is 0.348 e. The average Bonchev–Trinajstić information content (AvgIpc) is 3.34. The predicted octanol–water partition coefficient (Wildman–Crippen LogP) is 3.30. The summed E-state index contributed by atoms with van der Waals surface area (Å²) >= 11 is 0. The van der Waals surface area contributed by atoms with Gasteiger partial charge in [-0.05, 0) is 31.2 Å². The van der Waals surface area contributed by atoms with Crippen LogP contribution in [0.2, 0.25) is 0 Å². The van der Waals surface area contributed by atoms with Crippen LogP contribution in [-0.4, -0.2) is 25.5 Å². The van der Waals surface area contributed by atoms with Crippen LogP contribution in [0.25, 0.3) is 11.4 Å². The number of amides is 1. The number of hydrogen-bond donors (Lipinski definition) is 1. The second kappa shape index (κ2) is 7.29. The number of carbonyl (C=O) groups is 1. The number of carbonyl (C=O) groups excluding carboxylic acids is 1. The molecule has 0 saturated heterocycles. The number of benzene rings is 2. The molecule has 4 aromatic rings. The molecule has 0 fully saturated rings. The monoisotopic (exact) mass is 357 g/mol. The van der Waals surface area contributed by atoms with Crippen molar-refractivity contribution in [3.8, 4) is 11.4 Å². The summed E-state index contributed by atoms with van der Waals surface area (Å²) in [4.78, 5) is 12.6. The highest BCUT2D eigenvalue weighted by molar-refractivity contribution is 5.95. The zero-order valence-electron chi connectivity index (χ0n) is 14.9. The van der Waals surface area contributed by atoms with E-state index in [1.807, 2.05) is 73.8 Å². The van der Waals surface area contributed by atoms with E-state index >= 15 is 0 Å². The molecule has 2 heterocycles. The third-order valence-corrected chi connectivity index (χ3v) is 4.37. The fourth-order valence-corrected chi connectivity index (χ4v) is 2.91. The maximum atomic E-state index is 12.6. The topological polar surface area (TPSA) is 64.7 Å². The quantitative estimate of drug-likeness (QED) is 0.596. The molecular formula is C21H19N5O. The second-order valence-electron chi connectivity index (χ2n) is 6.20. The van der Waals surface area contributed by atoms with Crippen LogP contribution in [0.3, 0.4) is 0 Å². The summed E-state index contributed by atoms with van der Waals surface area (Å²) in [5.74, 6) is -0.151. The van der Waals surface area contributed by atoms with Gasteiger partial charge in [0.15, 0.2) is 0 Å². The lowest BCUT2D eigenvalue weighted by molar-refractivity contribution is 0.0950. The summed E-state index contributed by atoms with van der Waals surface area (Å²) in [6.07, 6.45) is 5.27. The number of hydrogen-bond acceptors (Lipinski definition) is 3. The molecule has 2 aromatic carbocycles. The highest BCUT2D eigenvalue weighted by Gasteiger charge is 2.15. The Morgan fingerprint density at radius 1 is 0.926 bits per heavy atom. The molecule has 6 heteroatoms. The van der Waals surface area contributed by atoms with E-state index in [1.54, 1.807) is 21.8 Å². The first-order valence-corrected chi connectivity index (χ1v) is 8.69. The Balaban J connectivity index is 1.45. The van der Waals surface area contributed by atoms with Crippen LogP contribution < -0.4 is 5.32 Å². The number of para-hydroxylation sites is 2. The Kier molecular flexibility index (Phi) is 4.53. The Bertz CT molecular complexity index is 1050. The molecule has 0 radical (unpaired) electrons. The molecule has 1 N–H and O–H groups in total. The predicted molar refractivity (Wildman–Crippen MR) is 103 cm³/mol. The van der Waals surface area contributed by atoms with Gasteiger partial charge in [0.05, 0.1) is 35.0 Å². The fourth-order valence-electron chi connectivity index (χ4n) is 2.91. The molecule has 134 valence electrons. The van der Waals surface area contributed by atoms with Crippen molar-refractivity contribution >= 4 is 5.91 Å². The molecule has 0 bridgehead atoms. The smallest absolute Gasteiger partial charge is 0.255 e. The maximum absolute atomic E-state index is 12.6. The summed E-state index contributed by atoms with van der Waals surface area (Å²) in [6.45, 7) is 2.30. The minimum Gasteiger partial charge on any atom is -0.348 e. The third-order valence-electron chi connectivity index (χ3n) is 4.37. The van der Waals surface area contributed by atoms with Gasteiger partial charge >= 0.3 is 0 Å². The van der Waals surface area contributed by atoms with E-state index in [0.29, 0.717) is 12.1 Å². The SMILES string of the molecule is Cc1c(C(=O)NCc2cnn(-c3ccccc3)c2)cnn1-c1ccccc1. The van der Waals surface area contributed by atoms with Crippen molar-refractivity contribution in [3.05, 3.63) is 96.1 Å². The molecule has 0 spiro atoms. The Morgan fingerprint density at radius 3 is 2.30 bits per heavy atom. The molecule has 0 aliphatic heterocycles. The summed E-state index contributed by atoms with van der Waals surface area (Å²) in [5.41, 5.74) is 4.21. The van der Waals surface area contributed by atoms with Crippen molar-refractivity contribution in [1.29, 1.82) is 0 Å². The van der Waals surface area contributed by atoms with Gasteiger partial charge < -0.3 is 5.32 Å². The lowest BCUT2D eigenvalue weighted by Crippen LogP contribution is -2.23. The molecule has 0 atom stereocenters. The van der Waals surface area contributed by atoms with E-state index in [2.05, 4.69) is 15.5 Å². The average molecular weight is 357 g/mol. The first-order valence-electron chi connectivity index (χ1n) is 8.69. The number of nitrogens with one attached hydrogen (secondary N) is 1. The number of nitrogens with zero attached hydrogens (tertiary/aromatic N) is 4. The van der Waals surface area contributed by atoms with Crippen LogP contribution in [0.4, 0.5) is 0 Å². The summed E-state index contributed by atoms with van der Waals surface area (Å²) in [6, 6.07) is 19.6. The lowest BCUT2D eigenvalue weighted by atomic mass is 10.2. The third kappa shape index (κ3) is 3.50. The van der Waals surface area contributed by atoms with Crippen LogP contribution >= 0.6 is 0 Å². The first kappa shape index (κ1) is 16.8. The van der Waals surface area contributed by atoms with Crippen molar-refractivity contribution in [3.63, 3.8) is 0 Å². The van der Waals surface area contributed by atoms with E-state index in [1.165, 1.54) is 0 Å². The molecule has 1 amide bonds. The number of rotatable bonds is 5. The van der Waals surface area contributed by atoms with E-state index in [-0.39, 0.29) is 5.91 Å². The van der Waals surface area contributed by atoms with Gasteiger partial charge in [-0.15, -0.1) is 0 Å². The lowest BCUT2D eigenvalue weighted by Gasteiger charge is -2.06. The Hall–Kier alpha value is -3.67. The van der Waals surface area contributed by atoms with Crippen molar-refractivity contribution in [2.45, 2.75) is 13.5 Å². The van der Waals surface area contributed by atoms with Gasteiger partial charge in [-0.2, -0.15) is 10.2 Å². The van der Waals surface area contributed by atoms with Crippen molar-refractivity contribution in [1.82, 2.24) is 24.9 Å². The van der Waals surface area contributed by atoms with Gasteiger partial charge in [0, 0.05) is 18.3 Å². The first-order chi connectivity index (χ1) is 13.2. The molecule has 2 aromatic heterocycles. The van der Waals surface area contributed by atoms with Gasteiger partial charge in [-0.3, -0.25) is 4.79 Å². The summed E-state index contributed by atoms with van der Waals surface area (Å²) in [7, 11) is 0. The summed E-state index contributed by atoms with van der Waals surface area (Å²) < 4.78 is 3.56. The normalized spacial score (nSPS) is 10.7. The van der Waals surface area contributed by atoms with Crippen molar-refractivity contribution in [2.75, 3.05) is 0 Å². The van der Waals surface area contributed by atoms with Gasteiger partial charge in [0.25, 0.3) is 5.91 Å². The van der Waals surface area contributed by atoms with Crippen LogP contribution in [0.15, 0.2) is 79.3 Å². The Labute approximate surface area is 157 Å². The standard InChI is InChI=1S/C21H19N5O/c1-16-20(14-24-26(16)19-10-6-3-7-11-19)21(27)22-12-17-13-23-25(15-17)18-8-4-2-5-9-18/h2-11,13-15H,12H2,1H3,(H,22,27). The Morgan fingerprint density at radius 2 is 1.59 bits per heavy atom. The molecule has 6 nitrogen and oxygen atoms in total. The fraction of sp³-hybridized carbons (Fsp3) is 0.0952. The molecular weight excluding hydrogens is 338 g/mol. The maximum Gasteiger partial charge on any atom is 0.255 e. The van der Waals surface area contributed by atoms with Crippen LogP contribution in [0.1, 0.15) is 21.6 Å². The molecule has 27 heavy (non-hydrogen) atoms. The minimum absolute atomic E-state index is 0.151. The van der Waals surface area contributed by atoms with Gasteiger partial charge in [-0.1, -0.05) is 36.4 Å². The van der Waals surface area contributed by atoms with E-state index in [9.17, 15) is 4.79 Å². The minimum atomic E-state index is -0.151. The molecule has 0 aliphatic carbocycles. The molecule has 0 aliphatic rings. The van der Waals surface area contributed by atoms with Crippen molar-refractivity contribution in [2.24, 2.45) is 0 Å². The van der Waals surface area contributed by atoms with E-state index in [0.717, 1.165) is 22.6 Å². The van der Waals surface area contributed by atoms with E-state index < -0.39 is 0 Å². The van der Waals surface area contributed by atoms with Gasteiger partial charge in [-0.25, -0.2) is 9.36 Å². The molecule has 4 rings (SSSR count). The number of aromatic nitrogens is 4. The van der Waals surface area contributed by atoms with Crippen molar-refractivity contribution < 1.29 is 4.79 Å². The zero-order chi connectivity index (χ0) is 18.6. The van der Waals surface area contributed by atoms with Crippen LogP contribution in [0.5, 0.6) is 0 Å². The van der Waals surface area contributed by atoms with Crippen LogP contribution in [-0.2, 0) is 6.54 Å². The van der Waals surface area contributed by atoms with Crippen LogP contribution in [0, 0.1) is 6.92 Å². The highest BCUT2D eigenvalue weighted by Crippen LogP contribution is 2.14.